The average molecular weight is 406 g/mol. The molecule has 0 spiro atoms. The predicted molar refractivity (Wildman–Crippen MR) is 104 cm³/mol. The Kier molecular flexibility index (Phi) is 4.62. The summed E-state index contributed by atoms with van der Waals surface area (Å²) in [7, 11) is 2.27. The fourth-order valence-electron chi connectivity index (χ4n) is 4.01. The molecule has 0 aromatic heterocycles. The van der Waals surface area contributed by atoms with E-state index >= 15 is 0 Å². The van der Waals surface area contributed by atoms with Crippen molar-refractivity contribution >= 4 is 23.8 Å². The number of carbonyl (C=O) groups is 4. The van der Waals surface area contributed by atoms with Crippen LogP contribution in [-0.4, -0.2) is 53.5 Å². The van der Waals surface area contributed by atoms with E-state index in [1.807, 2.05) is 0 Å². The third-order valence-corrected chi connectivity index (χ3v) is 5.37. The lowest BCUT2D eigenvalue weighted by molar-refractivity contribution is -0.176. The summed E-state index contributed by atoms with van der Waals surface area (Å²) in [5.74, 6) is -4.06. The van der Waals surface area contributed by atoms with Crippen LogP contribution in [0.5, 0.6) is 0 Å². The zero-order chi connectivity index (χ0) is 21.5. The first-order valence-corrected chi connectivity index (χ1v) is 9.15. The Morgan fingerprint density at radius 2 is 1.33 bits per heavy atom. The Balaban J connectivity index is 1.90. The van der Waals surface area contributed by atoms with Gasteiger partial charge in [-0.25, -0.2) is 9.59 Å². The number of hydrogen-bond acceptors (Lipinski definition) is 7. The molecule has 0 N–H and O–H groups in total. The monoisotopic (exact) mass is 406 g/mol. The van der Waals surface area contributed by atoms with Gasteiger partial charge in [0.05, 0.1) is 31.3 Å². The van der Waals surface area contributed by atoms with E-state index in [-0.39, 0.29) is 11.1 Å². The lowest BCUT2D eigenvalue weighted by Gasteiger charge is -2.41. The van der Waals surface area contributed by atoms with Crippen LogP contribution in [0.4, 0.5) is 0 Å². The Hall–Kier alpha value is -3.94. The molecule has 2 aromatic rings. The van der Waals surface area contributed by atoms with Crippen LogP contribution in [0.1, 0.15) is 32.2 Å². The maximum atomic E-state index is 13.1. The maximum absolute atomic E-state index is 13.1. The van der Waals surface area contributed by atoms with Gasteiger partial charge in [0.15, 0.2) is 0 Å². The van der Waals surface area contributed by atoms with Gasteiger partial charge < -0.3 is 9.47 Å². The van der Waals surface area contributed by atoms with E-state index in [2.05, 4.69) is 0 Å². The lowest BCUT2D eigenvalue weighted by atomic mass is 9.80. The van der Waals surface area contributed by atoms with Crippen molar-refractivity contribution in [3.63, 3.8) is 0 Å². The first-order valence-electron chi connectivity index (χ1n) is 9.15. The summed E-state index contributed by atoms with van der Waals surface area (Å²) >= 11 is 0. The number of amides is 2. The molecule has 2 amide bonds. The second-order valence-electron chi connectivity index (χ2n) is 6.79. The summed E-state index contributed by atoms with van der Waals surface area (Å²) in [5.41, 5.74) is -1.15. The molecule has 152 valence electrons. The van der Waals surface area contributed by atoms with Crippen LogP contribution >= 0.6 is 0 Å². The van der Waals surface area contributed by atoms with Crippen LogP contribution in [0.2, 0.25) is 0 Å². The molecule has 0 aliphatic carbocycles. The van der Waals surface area contributed by atoms with Crippen LogP contribution < -0.4 is 0 Å². The molecule has 0 bridgehead atoms. The number of imide groups is 1. The van der Waals surface area contributed by atoms with E-state index in [0.717, 1.165) is 24.2 Å². The number of benzene rings is 2. The number of rotatable bonds is 4. The van der Waals surface area contributed by atoms with E-state index in [4.69, 9.17) is 9.47 Å². The number of esters is 2. The minimum atomic E-state index is -2.13. The molecule has 1 atom stereocenters. The van der Waals surface area contributed by atoms with Crippen LogP contribution in [0, 0.1) is 0 Å². The van der Waals surface area contributed by atoms with Gasteiger partial charge in [0.1, 0.15) is 0 Å². The molecule has 8 heteroatoms. The lowest BCUT2D eigenvalue weighted by Crippen LogP contribution is -2.65. The molecule has 2 aromatic carbocycles. The molecule has 0 saturated carbocycles. The van der Waals surface area contributed by atoms with Crippen molar-refractivity contribution in [3.05, 3.63) is 83.6 Å². The quantitative estimate of drug-likeness (QED) is 0.435. The molecule has 0 fully saturated rings. The van der Waals surface area contributed by atoms with Crippen molar-refractivity contribution in [1.82, 2.24) is 10.0 Å². The van der Waals surface area contributed by atoms with Gasteiger partial charge in [0, 0.05) is 6.20 Å². The van der Waals surface area contributed by atoms with E-state index in [1.54, 1.807) is 48.5 Å². The molecule has 30 heavy (non-hydrogen) atoms. The van der Waals surface area contributed by atoms with E-state index in [9.17, 15) is 19.2 Å². The van der Waals surface area contributed by atoms with Gasteiger partial charge in [0.25, 0.3) is 17.4 Å². The smallest absolute Gasteiger partial charge is 0.346 e. The number of hydrogen-bond donors (Lipinski definition) is 0. The number of carbonyl (C=O) groups excluding carboxylic acids is 4. The van der Waals surface area contributed by atoms with Crippen molar-refractivity contribution in [3.8, 4) is 0 Å². The molecule has 1 unspecified atom stereocenters. The SMILES string of the molecule is COC(=O)C1(C(=O)OC)C(c2ccccc2)C=CN1N1C(=O)c2ccccc2C1=O. The van der Waals surface area contributed by atoms with Gasteiger partial charge in [-0.05, 0) is 17.7 Å². The van der Waals surface area contributed by atoms with Gasteiger partial charge in [0.2, 0.25) is 0 Å². The summed E-state index contributed by atoms with van der Waals surface area (Å²) in [4.78, 5) is 52.4. The largest absolute Gasteiger partial charge is 0.467 e. The van der Waals surface area contributed by atoms with Gasteiger partial charge >= 0.3 is 11.9 Å². The molecule has 2 heterocycles. The van der Waals surface area contributed by atoms with Crippen LogP contribution in [-0.2, 0) is 19.1 Å². The second-order valence-corrected chi connectivity index (χ2v) is 6.79. The maximum Gasteiger partial charge on any atom is 0.346 e. The van der Waals surface area contributed by atoms with Gasteiger partial charge in [-0.15, -0.1) is 0 Å². The van der Waals surface area contributed by atoms with Gasteiger partial charge in [-0.2, -0.15) is 5.01 Å². The first-order chi connectivity index (χ1) is 14.5. The Morgan fingerprint density at radius 1 is 0.833 bits per heavy atom. The third-order valence-electron chi connectivity index (χ3n) is 5.37. The number of nitrogens with zero attached hydrogens (tertiary/aromatic N) is 2. The molecule has 0 radical (unpaired) electrons. The van der Waals surface area contributed by atoms with Crippen LogP contribution in [0.3, 0.4) is 0 Å². The number of methoxy groups -OCH3 is 2. The first kappa shape index (κ1) is 19.4. The van der Waals surface area contributed by atoms with E-state index in [0.29, 0.717) is 5.56 Å². The summed E-state index contributed by atoms with van der Waals surface area (Å²) in [6, 6.07) is 15.1. The molecule has 0 saturated heterocycles. The predicted octanol–water partition coefficient (Wildman–Crippen LogP) is 1.90. The highest BCUT2D eigenvalue weighted by Crippen LogP contribution is 2.44. The van der Waals surface area contributed by atoms with Crippen molar-refractivity contribution in [1.29, 1.82) is 0 Å². The fourth-order valence-corrected chi connectivity index (χ4v) is 4.01. The van der Waals surface area contributed by atoms with Crippen LogP contribution in [0.25, 0.3) is 0 Å². The van der Waals surface area contributed by atoms with Gasteiger partial charge in [-0.1, -0.05) is 48.5 Å². The minimum Gasteiger partial charge on any atom is -0.467 e. The number of ether oxygens (including phenoxy) is 2. The van der Waals surface area contributed by atoms with E-state index < -0.39 is 35.2 Å². The molecule has 4 rings (SSSR count). The Labute approximate surface area is 172 Å². The highest BCUT2D eigenvalue weighted by Gasteiger charge is 2.64. The number of fused-ring (bicyclic) bond motifs is 1. The van der Waals surface area contributed by atoms with E-state index in [1.165, 1.54) is 18.3 Å². The normalized spacial score (nSPS) is 19.1. The van der Waals surface area contributed by atoms with Crippen molar-refractivity contribution in [2.24, 2.45) is 0 Å². The van der Waals surface area contributed by atoms with Crippen LogP contribution in [0.15, 0.2) is 66.9 Å². The molecular formula is C22H18N2O6. The highest BCUT2D eigenvalue weighted by atomic mass is 16.5. The van der Waals surface area contributed by atoms with Crippen molar-refractivity contribution in [2.45, 2.75) is 11.5 Å². The number of hydrazine groups is 1. The van der Waals surface area contributed by atoms with Gasteiger partial charge in [-0.3, -0.25) is 14.6 Å². The average Bonchev–Trinajstić information content (AvgIpc) is 3.29. The third kappa shape index (κ3) is 2.46. The highest BCUT2D eigenvalue weighted by molar-refractivity contribution is 6.21. The topological polar surface area (TPSA) is 93.2 Å². The zero-order valence-electron chi connectivity index (χ0n) is 16.3. The zero-order valence-corrected chi connectivity index (χ0v) is 16.3. The Morgan fingerprint density at radius 3 is 1.83 bits per heavy atom. The summed E-state index contributed by atoms with van der Waals surface area (Å²) in [5, 5.41) is 1.82. The molecular weight excluding hydrogens is 388 g/mol. The minimum absolute atomic E-state index is 0.183. The molecule has 2 aliphatic heterocycles. The molecule has 8 nitrogen and oxygen atoms in total. The summed E-state index contributed by atoms with van der Waals surface area (Å²) in [6.07, 6.45) is 2.94. The second kappa shape index (κ2) is 7.14. The molecule has 2 aliphatic rings. The standard InChI is InChI=1S/C22H18N2O6/c1-29-20(27)22(21(28)30-2)17(14-8-4-3-5-9-14)12-13-23(22)24-18(25)15-10-6-7-11-16(15)19(24)26/h3-13,17H,1-2H3. The summed E-state index contributed by atoms with van der Waals surface area (Å²) in [6.45, 7) is 0. The summed E-state index contributed by atoms with van der Waals surface area (Å²) < 4.78 is 9.96. The van der Waals surface area contributed by atoms with Crippen molar-refractivity contribution < 1.29 is 28.7 Å². The van der Waals surface area contributed by atoms with Crippen molar-refractivity contribution in [2.75, 3.05) is 14.2 Å². The Bertz CT molecular complexity index is 1030. The fraction of sp³-hybridized carbons (Fsp3) is 0.182.